The number of nitrogens with zero attached hydrogens (tertiary/aromatic N) is 3. The van der Waals surface area contributed by atoms with Crippen molar-refractivity contribution in [2.45, 2.75) is 16.0 Å². The Morgan fingerprint density at radius 3 is 3.00 bits per heavy atom. The van der Waals surface area contributed by atoms with Gasteiger partial charge in [0, 0.05) is 11.1 Å². The molecule has 86 valence electrons. The van der Waals surface area contributed by atoms with Crippen molar-refractivity contribution in [3.63, 3.8) is 0 Å². The molecule has 3 aromatic rings. The molecule has 0 bridgehead atoms. The zero-order chi connectivity index (χ0) is 11.7. The second kappa shape index (κ2) is 4.48. The van der Waals surface area contributed by atoms with E-state index in [-0.39, 0.29) is 6.61 Å². The van der Waals surface area contributed by atoms with Crippen molar-refractivity contribution < 1.29 is 5.11 Å². The van der Waals surface area contributed by atoms with Crippen molar-refractivity contribution >= 4 is 28.7 Å². The van der Waals surface area contributed by atoms with Crippen LogP contribution in [0.25, 0.3) is 5.65 Å². The van der Waals surface area contributed by atoms with Crippen LogP contribution in [0.4, 0.5) is 0 Å². The normalized spacial score (nSPS) is 11.1. The van der Waals surface area contributed by atoms with Crippen LogP contribution in [0.5, 0.6) is 0 Å². The molecule has 0 unspecified atom stereocenters. The van der Waals surface area contributed by atoms with E-state index in [1.54, 1.807) is 23.1 Å². The Morgan fingerprint density at radius 2 is 2.18 bits per heavy atom. The minimum atomic E-state index is 0.0891. The third kappa shape index (κ3) is 2.06. The van der Waals surface area contributed by atoms with Gasteiger partial charge < -0.3 is 5.11 Å². The van der Waals surface area contributed by atoms with Crippen LogP contribution < -0.4 is 0 Å². The van der Waals surface area contributed by atoms with Crippen molar-refractivity contribution in [3.05, 3.63) is 41.4 Å². The number of hydrogen-bond acceptors (Lipinski definition) is 5. The van der Waals surface area contributed by atoms with Gasteiger partial charge in [-0.05, 0) is 36.0 Å². The van der Waals surface area contributed by atoms with Gasteiger partial charge in [0.2, 0.25) is 5.16 Å². The summed E-state index contributed by atoms with van der Waals surface area (Å²) in [4.78, 5) is 0.960. The highest BCUT2D eigenvalue weighted by atomic mass is 32.2. The van der Waals surface area contributed by atoms with E-state index in [1.165, 1.54) is 0 Å². The fraction of sp³-hybridized carbons (Fsp3) is 0.0909. The van der Waals surface area contributed by atoms with Crippen LogP contribution >= 0.6 is 23.1 Å². The molecule has 17 heavy (non-hydrogen) atoms. The summed E-state index contributed by atoms with van der Waals surface area (Å²) in [6.07, 6.45) is 1.94. The van der Waals surface area contributed by atoms with Gasteiger partial charge >= 0.3 is 0 Å². The highest BCUT2D eigenvalue weighted by molar-refractivity contribution is 8.01. The number of hydrogen-bond donors (Lipinski definition) is 1. The lowest BCUT2D eigenvalue weighted by Gasteiger charge is -1.96. The van der Waals surface area contributed by atoms with Gasteiger partial charge in [-0.2, -0.15) is 0 Å². The molecule has 0 radical (unpaired) electrons. The maximum Gasteiger partial charge on any atom is 0.201 e. The molecule has 3 rings (SSSR count). The molecule has 1 N–H and O–H groups in total. The average molecular weight is 263 g/mol. The average Bonchev–Trinajstić information content (AvgIpc) is 2.97. The first-order chi connectivity index (χ1) is 8.36. The Hall–Kier alpha value is -1.37. The van der Waals surface area contributed by atoms with Crippen LogP contribution in [0.15, 0.2) is 45.9 Å². The predicted molar refractivity (Wildman–Crippen MR) is 67.4 cm³/mol. The van der Waals surface area contributed by atoms with Crippen LogP contribution in [-0.2, 0) is 6.61 Å². The lowest BCUT2D eigenvalue weighted by Crippen LogP contribution is -1.84. The van der Waals surface area contributed by atoms with Gasteiger partial charge in [0.05, 0.1) is 10.8 Å². The van der Waals surface area contributed by atoms with Crippen LogP contribution in [0.1, 0.15) is 4.88 Å². The van der Waals surface area contributed by atoms with Crippen molar-refractivity contribution in [1.82, 2.24) is 14.6 Å². The lowest BCUT2D eigenvalue weighted by atomic mass is 10.5. The molecule has 0 saturated heterocycles. The first-order valence-electron chi connectivity index (χ1n) is 5.04. The smallest absolute Gasteiger partial charge is 0.201 e. The lowest BCUT2D eigenvalue weighted by molar-refractivity contribution is 0.285. The molecule has 6 heteroatoms. The topological polar surface area (TPSA) is 50.4 Å². The Labute approximate surface area is 106 Å². The van der Waals surface area contributed by atoms with Crippen molar-refractivity contribution in [3.8, 4) is 0 Å². The van der Waals surface area contributed by atoms with Crippen LogP contribution in [0.2, 0.25) is 0 Å². The Kier molecular flexibility index (Phi) is 2.84. The summed E-state index contributed by atoms with van der Waals surface area (Å²) in [5, 5.41) is 18.1. The molecule has 0 aliphatic rings. The van der Waals surface area contributed by atoms with E-state index in [9.17, 15) is 0 Å². The Morgan fingerprint density at radius 1 is 1.24 bits per heavy atom. The largest absolute Gasteiger partial charge is 0.391 e. The number of aromatic nitrogens is 3. The minimum Gasteiger partial charge on any atom is -0.391 e. The Bertz CT molecular complexity index is 647. The minimum absolute atomic E-state index is 0.0891. The van der Waals surface area contributed by atoms with Crippen LogP contribution in [0, 0.1) is 0 Å². The molecule has 0 fully saturated rings. The van der Waals surface area contributed by atoms with Gasteiger partial charge in [-0.1, -0.05) is 6.07 Å². The first-order valence-corrected chi connectivity index (χ1v) is 6.67. The molecule has 0 saturated carbocycles. The third-order valence-electron chi connectivity index (χ3n) is 2.27. The van der Waals surface area contributed by atoms with E-state index in [1.807, 2.05) is 40.9 Å². The number of aliphatic hydroxyl groups excluding tert-OH is 1. The highest BCUT2D eigenvalue weighted by Gasteiger charge is 2.08. The summed E-state index contributed by atoms with van der Waals surface area (Å²) < 4.78 is 3.05. The number of fused-ring (bicyclic) bond motifs is 1. The summed E-state index contributed by atoms with van der Waals surface area (Å²) in [7, 11) is 0. The van der Waals surface area contributed by atoms with Crippen molar-refractivity contribution in [2.24, 2.45) is 0 Å². The molecule has 0 aliphatic heterocycles. The summed E-state index contributed by atoms with van der Waals surface area (Å²) in [5.41, 5.74) is 0.842. The molecule has 0 spiro atoms. The maximum atomic E-state index is 9.02. The summed E-state index contributed by atoms with van der Waals surface area (Å²) in [6, 6.07) is 9.73. The predicted octanol–water partition coefficient (Wildman–Crippen LogP) is 2.43. The van der Waals surface area contributed by atoms with E-state index in [0.717, 1.165) is 19.9 Å². The molecule has 3 aromatic heterocycles. The second-order valence-corrected chi connectivity index (χ2v) is 5.83. The van der Waals surface area contributed by atoms with E-state index in [0.29, 0.717) is 0 Å². The molecule has 0 aliphatic carbocycles. The summed E-state index contributed by atoms with van der Waals surface area (Å²) >= 11 is 3.13. The fourth-order valence-corrected chi connectivity index (χ4v) is 3.43. The SMILES string of the molecule is OCc1ccc(Sc2nnc3ccccn23)s1. The van der Waals surface area contributed by atoms with Gasteiger partial charge in [-0.25, -0.2) is 0 Å². The maximum absolute atomic E-state index is 9.02. The molecule has 0 atom stereocenters. The van der Waals surface area contributed by atoms with Gasteiger partial charge in [0.1, 0.15) is 0 Å². The molecule has 4 nitrogen and oxygen atoms in total. The number of thiophene rings is 1. The van der Waals surface area contributed by atoms with Crippen molar-refractivity contribution in [2.75, 3.05) is 0 Å². The van der Waals surface area contributed by atoms with Gasteiger partial charge in [-0.15, -0.1) is 21.5 Å². The highest BCUT2D eigenvalue weighted by Crippen LogP contribution is 2.32. The molecule has 3 heterocycles. The van der Waals surface area contributed by atoms with Crippen molar-refractivity contribution in [1.29, 1.82) is 0 Å². The Balaban J connectivity index is 1.94. The zero-order valence-corrected chi connectivity index (χ0v) is 10.4. The second-order valence-electron chi connectivity index (χ2n) is 3.39. The summed E-state index contributed by atoms with van der Waals surface area (Å²) in [6.45, 7) is 0.0891. The molecular formula is C11H9N3OS2. The number of pyridine rings is 1. The zero-order valence-electron chi connectivity index (χ0n) is 8.78. The number of aliphatic hydroxyl groups is 1. The molecule has 0 amide bonds. The molecular weight excluding hydrogens is 254 g/mol. The molecule has 0 aromatic carbocycles. The summed E-state index contributed by atoms with van der Waals surface area (Å²) in [5.74, 6) is 0. The van der Waals surface area contributed by atoms with E-state index < -0.39 is 0 Å². The first kappa shape index (κ1) is 10.8. The fourth-order valence-electron chi connectivity index (χ4n) is 1.48. The standard InChI is InChI=1S/C11H9N3OS2/c15-7-8-4-5-10(16-8)17-11-13-12-9-3-1-2-6-14(9)11/h1-6,15H,7H2. The quantitative estimate of drug-likeness (QED) is 0.788. The number of rotatable bonds is 3. The van der Waals surface area contributed by atoms with Crippen LogP contribution in [-0.4, -0.2) is 19.7 Å². The van der Waals surface area contributed by atoms with Gasteiger partial charge in [-0.3, -0.25) is 4.40 Å². The van der Waals surface area contributed by atoms with E-state index in [4.69, 9.17) is 5.11 Å². The van der Waals surface area contributed by atoms with E-state index >= 15 is 0 Å². The van der Waals surface area contributed by atoms with E-state index in [2.05, 4.69) is 10.2 Å². The van der Waals surface area contributed by atoms with Gasteiger partial charge in [0.25, 0.3) is 0 Å². The van der Waals surface area contributed by atoms with Crippen LogP contribution in [0.3, 0.4) is 0 Å². The van der Waals surface area contributed by atoms with Gasteiger partial charge in [0.15, 0.2) is 5.65 Å². The third-order valence-corrected chi connectivity index (χ3v) is 4.43. The monoisotopic (exact) mass is 263 g/mol.